The highest BCUT2D eigenvalue weighted by atomic mass is 15.0. The van der Waals surface area contributed by atoms with Crippen molar-refractivity contribution in [3.63, 3.8) is 0 Å². The second-order valence-corrected chi connectivity index (χ2v) is 13.8. The van der Waals surface area contributed by atoms with E-state index in [4.69, 9.17) is 15.0 Å². The van der Waals surface area contributed by atoms with Crippen LogP contribution in [0, 0.1) is 0 Å². The molecule has 0 amide bonds. The summed E-state index contributed by atoms with van der Waals surface area (Å²) in [5.74, 6) is 2.13. The third kappa shape index (κ3) is 4.03. The summed E-state index contributed by atoms with van der Waals surface area (Å²) in [6.45, 7) is 0. The van der Waals surface area contributed by atoms with E-state index in [1.807, 2.05) is 18.2 Å². The van der Waals surface area contributed by atoms with E-state index in [0.717, 1.165) is 40.9 Å². The molecule has 0 saturated carbocycles. The molecule has 0 bridgehead atoms. The van der Waals surface area contributed by atoms with Crippen LogP contribution in [0.25, 0.3) is 72.1 Å². The molecule has 1 aromatic heterocycles. The molecule has 3 nitrogen and oxygen atoms in total. The lowest BCUT2D eigenvalue weighted by Gasteiger charge is -2.31. The molecule has 3 aliphatic carbocycles. The summed E-state index contributed by atoms with van der Waals surface area (Å²) in [6.07, 6.45) is 8.33. The van der Waals surface area contributed by atoms with Crippen molar-refractivity contribution in [2.45, 2.75) is 18.3 Å². The number of hydrogen-bond donors (Lipinski definition) is 0. The van der Waals surface area contributed by atoms with Crippen LogP contribution in [0.1, 0.15) is 40.9 Å². The van der Waals surface area contributed by atoms with Crippen molar-refractivity contribution in [2.75, 3.05) is 0 Å². The summed E-state index contributed by atoms with van der Waals surface area (Å²) in [4.78, 5) is 14.9. The molecule has 3 aliphatic rings. The van der Waals surface area contributed by atoms with E-state index in [0.29, 0.717) is 11.6 Å². The molecule has 0 radical (unpaired) electrons. The van der Waals surface area contributed by atoms with Crippen LogP contribution in [-0.2, 0) is 5.41 Å². The lowest BCUT2D eigenvalue weighted by Crippen LogP contribution is -2.26. The first-order valence-electron chi connectivity index (χ1n) is 17.8. The summed E-state index contributed by atoms with van der Waals surface area (Å²) < 4.78 is 0. The Hall–Kier alpha value is -6.45. The molecule has 0 unspecified atom stereocenters. The van der Waals surface area contributed by atoms with Crippen molar-refractivity contribution >= 4 is 27.1 Å². The molecular formula is C48H31N3. The fraction of sp³-hybridized carbons (Fsp3) is 0.0625. The number of rotatable bonds is 4. The highest BCUT2D eigenvalue weighted by Crippen LogP contribution is 2.62. The molecule has 7 aromatic carbocycles. The van der Waals surface area contributed by atoms with Gasteiger partial charge in [0.05, 0.1) is 5.41 Å². The number of aromatic nitrogens is 3. The second kappa shape index (κ2) is 10.8. The van der Waals surface area contributed by atoms with Crippen LogP contribution in [0.5, 0.6) is 0 Å². The predicted octanol–water partition coefficient (Wildman–Crippen LogP) is 11.6. The Labute approximate surface area is 296 Å². The van der Waals surface area contributed by atoms with Gasteiger partial charge in [0.1, 0.15) is 0 Å². The molecule has 0 saturated heterocycles. The molecule has 0 fully saturated rings. The first kappa shape index (κ1) is 28.4. The minimum absolute atomic E-state index is 0.372. The zero-order valence-electron chi connectivity index (χ0n) is 27.8. The van der Waals surface area contributed by atoms with Gasteiger partial charge in [-0.05, 0) is 90.5 Å². The summed E-state index contributed by atoms with van der Waals surface area (Å²) in [7, 11) is 0. The van der Waals surface area contributed by atoms with Gasteiger partial charge in [-0.25, -0.2) is 15.0 Å². The van der Waals surface area contributed by atoms with Crippen LogP contribution in [0.2, 0.25) is 0 Å². The first-order chi connectivity index (χ1) is 25.3. The normalized spacial score (nSPS) is 14.7. The average Bonchev–Trinajstić information content (AvgIpc) is 3.68. The second-order valence-electron chi connectivity index (χ2n) is 13.8. The molecule has 3 heteroatoms. The largest absolute Gasteiger partial charge is 0.209 e. The van der Waals surface area contributed by atoms with Gasteiger partial charge in [-0.1, -0.05) is 158 Å². The number of benzene rings is 7. The molecule has 51 heavy (non-hydrogen) atoms. The van der Waals surface area contributed by atoms with Crippen LogP contribution >= 0.6 is 0 Å². The summed E-state index contributed by atoms with van der Waals surface area (Å²) in [6, 6.07) is 53.3. The van der Waals surface area contributed by atoms with Gasteiger partial charge in [-0.15, -0.1) is 0 Å². The monoisotopic (exact) mass is 649 g/mol. The Balaban J connectivity index is 1.06. The Morgan fingerprint density at radius 3 is 1.73 bits per heavy atom. The fourth-order valence-electron chi connectivity index (χ4n) is 8.93. The number of hydrogen-bond acceptors (Lipinski definition) is 3. The maximum atomic E-state index is 5.01. The van der Waals surface area contributed by atoms with Crippen LogP contribution in [0.4, 0.5) is 0 Å². The fourth-order valence-corrected chi connectivity index (χ4v) is 8.93. The zero-order valence-corrected chi connectivity index (χ0v) is 27.8. The molecule has 1 heterocycles. The van der Waals surface area contributed by atoms with Gasteiger partial charge < -0.3 is 0 Å². The van der Waals surface area contributed by atoms with E-state index in [-0.39, 0.29) is 5.41 Å². The van der Waals surface area contributed by atoms with E-state index in [1.165, 1.54) is 60.5 Å². The summed E-state index contributed by atoms with van der Waals surface area (Å²) in [5, 5.41) is 5.37. The van der Waals surface area contributed by atoms with Gasteiger partial charge >= 0.3 is 0 Å². The number of nitrogens with zero attached hydrogens (tertiary/aromatic N) is 3. The van der Waals surface area contributed by atoms with Crippen molar-refractivity contribution in [3.05, 3.63) is 192 Å². The molecule has 1 spiro atoms. The molecule has 8 aromatic rings. The van der Waals surface area contributed by atoms with Crippen molar-refractivity contribution in [1.82, 2.24) is 15.0 Å². The zero-order chi connectivity index (χ0) is 33.5. The average molecular weight is 650 g/mol. The molecule has 238 valence electrons. The number of fused-ring (bicyclic) bond motifs is 7. The molecular weight excluding hydrogens is 619 g/mol. The first-order valence-corrected chi connectivity index (χ1v) is 17.8. The van der Waals surface area contributed by atoms with Gasteiger partial charge in [-0.2, -0.15) is 0 Å². The van der Waals surface area contributed by atoms with Gasteiger partial charge in [0.15, 0.2) is 17.5 Å². The maximum Gasteiger partial charge on any atom is 0.164 e. The quantitative estimate of drug-likeness (QED) is 0.178. The van der Waals surface area contributed by atoms with E-state index in [1.54, 1.807) is 0 Å². The topological polar surface area (TPSA) is 38.7 Å². The third-order valence-electron chi connectivity index (χ3n) is 11.2. The number of allylic oxidation sites excluding steroid dienone is 4. The van der Waals surface area contributed by atoms with Crippen LogP contribution < -0.4 is 0 Å². The standard InChI is InChI=1S/C48H31N3/c1-3-11-33(12-4-1)45-49-46(34-13-5-2-6-14-34)51-47(50-45)35-25-21-30(22-26-35)36-27-28-38-37-17-7-8-18-39(37)48(42(38)29-36)40-19-9-15-31-23-24-32-16-10-20-41(48)44(32)43(31)40/h1-5,7-13,15-29H,6,14H2. The molecule has 0 atom stereocenters. The predicted molar refractivity (Wildman–Crippen MR) is 208 cm³/mol. The SMILES string of the molecule is C1=CCCC(c2nc(-c3ccccc3)nc(-c3ccc(-c4ccc5c(c4)C4(c6ccccc6-5)c5cccc6ccc7cccc4c7c56)cc3)n2)=C1. The van der Waals surface area contributed by atoms with Crippen LogP contribution in [0.15, 0.2) is 164 Å². The summed E-state index contributed by atoms with van der Waals surface area (Å²) >= 11 is 0. The van der Waals surface area contributed by atoms with Crippen molar-refractivity contribution in [1.29, 1.82) is 0 Å². The van der Waals surface area contributed by atoms with Gasteiger partial charge in [0.25, 0.3) is 0 Å². The van der Waals surface area contributed by atoms with E-state index >= 15 is 0 Å². The lowest BCUT2D eigenvalue weighted by atomic mass is 9.70. The minimum atomic E-state index is -0.372. The van der Waals surface area contributed by atoms with Crippen LogP contribution in [-0.4, -0.2) is 15.0 Å². The van der Waals surface area contributed by atoms with E-state index in [9.17, 15) is 0 Å². The van der Waals surface area contributed by atoms with Crippen molar-refractivity contribution in [3.8, 4) is 45.0 Å². The molecule has 0 N–H and O–H groups in total. The highest BCUT2D eigenvalue weighted by molar-refractivity contribution is 6.17. The van der Waals surface area contributed by atoms with Gasteiger partial charge in [-0.3, -0.25) is 0 Å². The Bertz CT molecular complexity index is 2730. The van der Waals surface area contributed by atoms with Gasteiger partial charge in [0.2, 0.25) is 0 Å². The Morgan fingerprint density at radius 1 is 0.431 bits per heavy atom. The van der Waals surface area contributed by atoms with E-state index in [2.05, 4.69) is 146 Å². The lowest BCUT2D eigenvalue weighted by molar-refractivity contribution is 0.797. The molecule has 11 rings (SSSR count). The van der Waals surface area contributed by atoms with Crippen molar-refractivity contribution < 1.29 is 0 Å². The van der Waals surface area contributed by atoms with E-state index < -0.39 is 0 Å². The Kier molecular flexibility index (Phi) is 6.00. The van der Waals surface area contributed by atoms with Gasteiger partial charge in [0, 0.05) is 11.1 Å². The maximum absolute atomic E-state index is 5.01. The van der Waals surface area contributed by atoms with Crippen molar-refractivity contribution in [2.24, 2.45) is 0 Å². The van der Waals surface area contributed by atoms with Crippen LogP contribution in [0.3, 0.4) is 0 Å². The highest BCUT2D eigenvalue weighted by Gasteiger charge is 2.50. The third-order valence-corrected chi connectivity index (χ3v) is 11.2. The summed E-state index contributed by atoms with van der Waals surface area (Å²) in [5.41, 5.74) is 13.2. The molecule has 0 aliphatic heterocycles. The minimum Gasteiger partial charge on any atom is -0.209 e. The Morgan fingerprint density at radius 2 is 1.02 bits per heavy atom. The smallest absolute Gasteiger partial charge is 0.164 e.